The lowest BCUT2D eigenvalue weighted by atomic mass is 9.64. The average Bonchev–Trinajstić information content (AvgIpc) is 2.52. The molecule has 1 aliphatic carbocycles. The summed E-state index contributed by atoms with van der Waals surface area (Å²) >= 11 is 6.30. The summed E-state index contributed by atoms with van der Waals surface area (Å²) < 4.78 is 11.5. The lowest BCUT2D eigenvalue weighted by Crippen LogP contribution is -2.41. The maximum Gasteiger partial charge on any atom is 0.246 e. The van der Waals surface area contributed by atoms with Crippen molar-refractivity contribution in [1.29, 1.82) is 0 Å². The molecule has 0 amide bonds. The lowest BCUT2D eigenvalue weighted by molar-refractivity contribution is -0.0431. The predicted octanol–water partition coefficient (Wildman–Crippen LogP) is 3.23. The van der Waals surface area contributed by atoms with Crippen LogP contribution in [0.2, 0.25) is 5.02 Å². The molecule has 1 aliphatic heterocycles. The molecular weight excluding hydrogens is 250 g/mol. The topological polar surface area (TPSA) is 44.5 Å². The van der Waals surface area contributed by atoms with Crippen LogP contribution in [0.15, 0.2) is 12.1 Å². The average molecular weight is 268 g/mol. The minimum absolute atomic E-state index is 0.0920. The van der Waals surface area contributed by atoms with Crippen LogP contribution in [0.4, 0.5) is 0 Å². The molecule has 4 heteroatoms. The van der Waals surface area contributed by atoms with Crippen LogP contribution < -0.4 is 15.2 Å². The van der Waals surface area contributed by atoms with Crippen molar-refractivity contribution in [2.24, 2.45) is 5.73 Å². The normalized spacial score (nSPS) is 22.7. The Balaban J connectivity index is 2.04. The summed E-state index contributed by atoms with van der Waals surface area (Å²) in [5, 5.41) is 0.618. The zero-order chi connectivity index (χ0) is 13.0. The van der Waals surface area contributed by atoms with Crippen LogP contribution in [0, 0.1) is 0 Å². The highest BCUT2D eigenvalue weighted by Gasteiger charge is 2.40. The van der Waals surface area contributed by atoms with Crippen molar-refractivity contribution >= 4 is 11.6 Å². The molecule has 0 aromatic heterocycles. The zero-order valence-electron chi connectivity index (χ0n) is 10.8. The van der Waals surface area contributed by atoms with Crippen molar-refractivity contribution in [2.45, 2.75) is 44.3 Å². The highest BCUT2D eigenvalue weighted by atomic mass is 35.5. The number of rotatable bonds is 2. The highest BCUT2D eigenvalue weighted by Crippen LogP contribution is 2.50. The third kappa shape index (κ3) is 1.69. The van der Waals surface area contributed by atoms with Crippen molar-refractivity contribution in [2.75, 3.05) is 6.54 Å². The number of nitrogens with two attached hydrogens (primary N) is 1. The molecule has 0 atom stereocenters. The molecule has 1 heterocycles. The molecular formula is C14H18ClNO2. The fourth-order valence-corrected chi connectivity index (χ4v) is 3.04. The summed E-state index contributed by atoms with van der Waals surface area (Å²) in [6.07, 6.45) is 3.49. The fraction of sp³-hybridized carbons (Fsp3) is 0.571. The van der Waals surface area contributed by atoms with Gasteiger partial charge in [0.25, 0.3) is 0 Å². The zero-order valence-corrected chi connectivity index (χ0v) is 11.5. The summed E-state index contributed by atoms with van der Waals surface area (Å²) in [7, 11) is 0. The maximum absolute atomic E-state index is 6.30. The molecule has 3 nitrogen and oxygen atoms in total. The third-order valence-corrected chi connectivity index (χ3v) is 4.31. The summed E-state index contributed by atoms with van der Waals surface area (Å²) in [6, 6.07) is 4.03. The first-order valence-corrected chi connectivity index (χ1v) is 6.76. The smallest absolute Gasteiger partial charge is 0.246 e. The fourth-order valence-electron chi connectivity index (χ4n) is 2.79. The highest BCUT2D eigenvalue weighted by molar-refractivity contribution is 6.32. The largest absolute Gasteiger partial charge is 0.449 e. The molecule has 18 heavy (non-hydrogen) atoms. The Morgan fingerprint density at radius 1 is 1.28 bits per heavy atom. The van der Waals surface area contributed by atoms with Gasteiger partial charge in [0.15, 0.2) is 11.5 Å². The molecule has 1 aromatic rings. The molecule has 98 valence electrons. The van der Waals surface area contributed by atoms with Crippen molar-refractivity contribution in [3.05, 3.63) is 22.7 Å². The van der Waals surface area contributed by atoms with Gasteiger partial charge in [-0.05, 0) is 30.5 Å². The van der Waals surface area contributed by atoms with Crippen LogP contribution in [0.25, 0.3) is 0 Å². The molecule has 0 bridgehead atoms. The van der Waals surface area contributed by atoms with E-state index in [2.05, 4.69) is 0 Å². The van der Waals surface area contributed by atoms with E-state index in [1.165, 1.54) is 12.0 Å². The van der Waals surface area contributed by atoms with Crippen LogP contribution in [-0.4, -0.2) is 12.3 Å². The second-order valence-corrected chi connectivity index (χ2v) is 6.13. The number of hydrogen-bond donors (Lipinski definition) is 1. The van der Waals surface area contributed by atoms with Crippen molar-refractivity contribution < 1.29 is 9.47 Å². The molecule has 2 aliphatic rings. The van der Waals surface area contributed by atoms with Gasteiger partial charge in [0, 0.05) is 25.8 Å². The van der Waals surface area contributed by atoms with Crippen LogP contribution in [0.5, 0.6) is 11.5 Å². The second kappa shape index (κ2) is 3.78. The van der Waals surface area contributed by atoms with E-state index in [1.807, 2.05) is 26.0 Å². The molecule has 0 unspecified atom stereocenters. The van der Waals surface area contributed by atoms with Crippen molar-refractivity contribution in [1.82, 2.24) is 0 Å². The Morgan fingerprint density at radius 3 is 2.56 bits per heavy atom. The molecule has 1 aromatic carbocycles. The van der Waals surface area contributed by atoms with Gasteiger partial charge in [0.05, 0.1) is 5.02 Å². The van der Waals surface area contributed by atoms with Gasteiger partial charge in [-0.25, -0.2) is 0 Å². The summed E-state index contributed by atoms with van der Waals surface area (Å²) in [4.78, 5) is 0. The predicted molar refractivity (Wildman–Crippen MR) is 71.4 cm³/mol. The molecule has 1 fully saturated rings. The van der Waals surface area contributed by atoms with Gasteiger partial charge in [0.2, 0.25) is 5.79 Å². The number of fused-ring (bicyclic) bond motifs is 1. The molecule has 0 radical (unpaired) electrons. The Bertz CT molecular complexity index is 489. The molecule has 0 saturated heterocycles. The summed E-state index contributed by atoms with van der Waals surface area (Å²) in [6.45, 7) is 4.42. The van der Waals surface area contributed by atoms with E-state index in [1.54, 1.807) is 0 Å². The Kier molecular flexibility index (Phi) is 2.55. The minimum Gasteiger partial charge on any atom is -0.449 e. The number of hydrogen-bond acceptors (Lipinski definition) is 3. The Hall–Kier alpha value is -0.930. The van der Waals surface area contributed by atoms with E-state index < -0.39 is 5.79 Å². The Labute approximate surface area is 112 Å². The van der Waals surface area contributed by atoms with Crippen LogP contribution >= 0.6 is 11.6 Å². The van der Waals surface area contributed by atoms with E-state index in [-0.39, 0.29) is 5.41 Å². The molecule has 2 N–H and O–H groups in total. The summed E-state index contributed by atoms with van der Waals surface area (Å²) in [5.41, 5.74) is 7.21. The van der Waals surface area contributed by atoms with E-state index in [9.17, 15) is 0 Å². The quantitative estimate of drug-likeness (QED) is 0.895. The van der Waals surface area contributed by atoms with E-state index in [4.69, 9.17) is 26.8 Å². The van der Waals surface area contributed by atoms with E-state index >= 15 is 0 Å². The summed E-state index contributed by atoms with van der Waals surface area (Å²) in [5.74, 6) is 0.749. The number of ether oxygens (including phenoxy) is 2. The van der Waals surface area contributed by atoms with Gasteiger partial charge in [-0.3, -0.25) is 0 Å². The molecule has 3 rings (SSSR count). The number of halogens is 1. The Morgan fingerprint density at radius 2 is 2.00 bits per heavy atom. The van der Waals surface area contributed by atoms with Crippen molar-refractivity contribution in [3.8, 4) is 11.5 Å². The van der Waals surface area contributed by atoms with E-state index in [0.717, 1.165) is 18.6 Å². The first-order chi connectivity index (χ1) is 8.46. The van der Waals surface area contributed by atoms with Gasteiger partial charge >= 0.3 is 0 Å². The van der Waals surface area contributed by atoms with Crippen molar-refractivity contribution in [3.63, 3.8) is 0 Å². The maximum atomic E-state index is 6.30. The van der Waals surface area contributed by atoms with Gasteiger partial charge in [-0.15, -0.1) is 0 Å². The lowest BCUT2D eigenvalue weighted by Gasteiger charge is -2.41. The first-order valence-electron chi connectivity index (χ1n) is 6.38. The van der Waals surface area contributed by atoms with Crippen LogP contribution in [0.3, 0.4) is 0 Å². The third-order valence-electron chi connectivity index (χ3n) is 4.03. The minimum atomic E-state index is -0.639. The molecule has 1 saturated carbocycles. The van der Waals surface area contributed by atoms with Gasteiger partial charge in [-0.1, -0.05) is 18.0 Å². The second-order valence-electron chi connectivity index (χ2n) is 5.73. The monoisotopic (exact) mass is 267 g/mol. The van der Waals surface area contributed by atoms with Gasteiger partial charge in [0.1, 0.15) is 0 Å². The first kappa shape index (κ1) is 12.1. The van der Waals surface area contributed by atoms with Gasteiger partial charge in [-0.2, -0.15) is 0 Å². The van der Waals surface area contributed by atoms with Gasteiger partial charge < -0.3 is 15.2 Å². The van der Waals surface area contributed by atoms with Crippen LogP contribution in [-0.2, 0) is 5.41 Å². The van der Waals surface area contributed by atoms with E-state index in [0.29, 0.717) is 17.3 Å². The standard InChI is InChI=1S/C14H18ClNO2/c1-13(2)17-11-7-9(6-10(15)12(11)18-13)14(8-16)4-3-5-14/h6-7H,3-5,8,16H2,1-2H3. The SMILES string of the molecule is CC1(C)Oc2cc(C3(CN)CCC3)cc(Cl)c2O1. The molecule has 0 spiro atoms. The van der Waals surface area contributed by atoms with Crippen LogP contribution in [0.1, 0.15) is 38.7 Å². The number of benzene rings is 1.